The zero-order valence-corrected chi connectivity index (χ0v) is 13.6. The van der Waals surface area contributed by atoms with E-state index in [0.717, 1.165) is 11.0 Å². The van der Waals surface area contributed by atoms with Crippen LogP contribution in [0.1, 0.15) is 19.3 Å². The number of likely N-dealkylation sites (tertiary alicyclic amines) is 1. The lowest BCUT2D eigenvalue weighted by Crippen LogP contribution is -2.37. The molecule has 25 heavy (non-hydrogen) atoms. The Morgan fingerprint density at radius 2 is 2.00 bits per heavy atom. The number of hydrogen-bond acceptors (Lipinski definition) is 4. The van der Waals surface area contributed by atoms with Gasteiger partial charge in [0.25, 0.3) is 0 Å². The van der Waals surface area contributed by atoms with E-state index >= 15 is 0 Å². The summed E-state index contributed by atoms with van der Waals surface area (Å²) >= 11 is 0. The molecule has 0 aliphatic carbocycles. The van der Waals surface area contributed by atoms with Crippen molar-refractivity contribution in [2.45, 2.75) is 25.8 Å². The zero-order valence-electron chi connectivity index (χ0n) is 13.6. The maximum absolute atomic E-state index is 12.5. The third kappa shape index (κ3) is 2.54. The van der Waals surface area contributed by atoms with Gasteiger partial charge in [-0.05, 0) is 18.6 Å². The Kier molecular flexibility index (Phi) is 3.48. The Hall–Kier alpha value is -2.90. The summed E-state index contributed by atoms with van der Waals surface area (Å²) in [5.74, 6) is -0.661. The standard InChI is InChI=1S/C17H18N4O4/c22-13-9-17(15(24)19-13)6-8-20(10-17)14(23)5-7-21-12-4-2-1-3-11(12)18-16(21)25/h1-4H,5-10H2,(H,18,25)(H,19,22,24). The van der Waals surface area contributed by atoms with Crippen LogP contribution in [0.3, 0.4) is 0 Å². The number of rotatable bonds is 3. The van der Waals surface area contributed by atoms with E-state index in [4.69, 9.17) is 0 Å². The average Bonchev–Trinajstić information content (AvgIpc) is 3.22. The average molecular weight is 342 g/mol. The number of fused-ring (bicyclic) bond motifs is 1. The van der Waals surface area contributed by atoms with Gasteiger partial charge in [0.1, 0.15) is 0 Å². The molecule has 130 valence electrons. The van der Waals surface area contributed by atoms with Crippen LogP contribution >= 0.6 is 0 Å². The third-order valence-electron chi connectivity index (χ3n) is 5.17. The van der Waals surface area contributed by atoms with Gasteiger partial charge in [-0.25, -0.2) is 4.79 Å². The second-order valence-electron chi connectivity index (χ2n) is 6.75. The summed E-state index contributed by atoms with van der Waals surface area (Å²) < 4.78 is 1.55. The second kappa shape index (κ2) is 5.58. The van der Waals surface area contributed by atoms with Gasteiger partial charge in [-0.2, -0.15) is 0 Å². The number of amides is 3. The number of para-hydroxylation sites is 2. The lowest BCUT2D eigenvalue weighted by molar-refractivity contribution is -0.132. The molecule has 1 spiro atoms. The first kappa shape index (κ1) is 15.6. The molecule has 4 rings (SSSR count). The molecule has 2 fully saturated rings. The van der Waals surface area contributed by atoms with Crippen molar-refractivity contribution in [3.63, 3.8) is 0 Å². The van der Waals surface area contributed by atoms with Crippen LogP contribution in [0.5, 0.6) is 0 Å². The molecule has 0 radical (unpaired) electrons. The van der Waals surface area contributed by atoms with Crippen LogP contribution in [-0.4, -0.2) is 45.3 Å². The fourth-order valence-electron chi connectivity index (χ4n) is 3.80. The van der Waals surface area contributed by atoms with Crippen LogP contribution in [0.2, 0.25) is 0 Å². The molecule has 2 saturated heterocycles. The molecule has 1 aromatic carbocycles. The maximum Gasteiger partial charge on any atom is 0.326 e. The van der Waals surface area contributed by atoms with Crippen LogP contribution < -0.4 is 11.0 Å². The van der Waals surface area contributed by atoms with Crippen LogP contribution in [0.25, 0.3) is 11.0 Å². The van der Waals surface area contributed by atoms with Gasteiger partial charge in [0, 0.05) is 32.5 Å². The molecule has 2 aliphatic rings. The number of benzene rings is 1. The smallest absolute Gasteiger partial charge is 0.326 e. The van der Waals surface area contributed by atoms with Gasteiger partial charge >= 0.3 is 5.69 Å². The molecule has 0 bridgehead atoms. The van der Waals surface area contributed by atoms with E-state index in [1.165, 1.54) is 0 Å². The van der Waals surface area contributed by atoms with Crippen LogP contribution in [0.4, 0.5) is 0 Å². The molecule has 8 nitrogen and oxygen atoms in total. The number of aromatic amines is 1. The van der Waals surface area contributed by atoms with Gasteiger partial charge in [0.2, 0.25) is 17.7 Å². The van der Waals surface area contributed by atoms with E-state index in [0.29, 0.717) is 13.0 Å². The molecular formula is C17H18N4O4. The normalized spacial score (nSPS) is 23.0. The Labute approximate surface area is 142 Å². The molecule has 3 heterocycles. The lowest BCUT2D eigenvalue weighted by Gasteiger charge is -2.20. The number of aryl methyl sites for hydroxylation is 1. The number of hydrogen-bond donors (Lipinski definition) is 2. The summed E-state index contributed by atoms with van der Waals surface area (Å²) in [7, 11) is 0. The van der Waals surface area contributed by atoms with E-state index in [9.17, 15) is 19.2 Å². The summed E-state index contributed by atoms with van der Waals surface area (Å²) in [4.78, 5) is 52.4. The summed E-state index contributed by atoms with van der Waals surface area (Å²) in [6.45, 7) is 1.00. The van der Waals surface area contributed by atoms with Gasteiger partial charge in [-0.15, -0.1) is 0 Å². The minimum absolute atomic E-state index is 0.110. The summed E-state index contributed by atoms with van der Waals surface area (Å²) in [6.07, 6.45) is 0.828. The summed E-state index contributed by atoms with van der Waals surface area (Å²) in [6, 6.07) is 7.32. The van der Waals surface area contributed by atoms with Crippen molar-refractivity contribution in [3.05, 3.63) is 34.7 Å². The number of imide groups is 1. The number of aromatic nitrogens is 2. The van der Waals surface area contributed by atoms with E-state index in [2.05, 4.69) is 10.3 Å². The monoisotopic (exact) mass is 342 g/mol. The van der Waals surface area contributed by atoms with Crippen molar-refractivity contribution in [3.8, 4) is 0 Å². The van der Waals surface area contributed by atoms with E-state index < -0.39 is 5.41 Å². The zero-order chi connectivity index (χ0) is 17.6. The van der Waals surface area contributed by atoms with Crippen molar-refractivity contribution in [1.82, 2.24) is 19.8 Å². The van der Waals surface area contributed by atoms with Crippen molar-refractivity contribution in [2.75, 3.05) is 13.1 Å². The van der Waals surface area contributed by atoms with Crippen LogP contribution in [-0.2, 0) is 20.9 Å². The number of H-pyrrole nitrogens is 1. The molecule has 3 amide bonds. The van der Waals surface area contributed by atoms with Gasteiger partial charge in [0.15, 0.2) is 0 Å². The largest absolute Gasteiger partial charge is 0.342 e. The highest BCUT2D eigenvalue weighted by molar-refractivity contribution is 6.06. The highest BCUT2D eigenvalue weighted by atomic mass is 16.2. The molecule has 1 unspecified atom stereocenters. The molecule has 2 aromatic rings. The van der Waals surface area contributed by atoms with Crippen LogP contribution in [0, 0.1) is 5.41 Å². The molecule has 1 aromatic heterocycles. The van der Waals surface area contributed by atoms with Crippen molar-refractivity contribution in [1.29, 1.82) is 0 Å². The topological polar surface area (TPSA) is 104 Å². The quantitative estimate of drug-likeness (QED) is 0.765. The minimum Gasteiger partial charge on any atom is -0.342 e. The number of nitrogens with one attached hydrogen (secondary N) is 2. The molecule has 8 heteroatoms. The SMILES string of the molecule is O=C1CC2(CCN(C(=O)CCn3c(=O)[nH]c4ccccc43)C2)C(=O)N1. The number of imidazole rings is 1. The predicted molar refractivity (Wildman–Crippen MR) is 88.6 cm³/mol. The Morgan fingerprint density at radius 1 is 1.20 bits per heavy atom. The Bertz CT molecular complexity index is 944. The highest BCUT2D eigenvalue weighted by Gasteiger charge is 2.51. The third-order valence-corrected chi connectivity index (χ3v) is 5.17. The highest BCUT2D eigenvalue weighted by Crippen LogP contribution is 2.37. The summed E-state index contributed by atoms with van der Waals surface area (Å²) in [5.41, 5.74) is 0.498. The molecule has 1 atom stereocenters. The fourth-order valence-corrected chi connectivity index (χ4v) is 3.80. The van der Waals surface area contributed by atoms with E-state index in [1.54, 1.807) is 9.47 Å². The molecule has 0 saturated carbocycles. The number of carbonyl (C=O) groups is 3. The van der Waals surface area contributed by atoms with Crippen molar-refractivity contribution >= 4 is 28.8 Å². The van der Waals surface area contributed by atoms with Gasteiger partial charge in [-0.1, -0.05) is 12.1 Å². The number of carbonyl (C=O) groups excluding carboxylic acids is 3. The van der Waals surface area contributed by atoms with Crippen LogP contribution in [0.15, 0.2) is 29.1 Å². The first-order valence-electron chi connectivity index (χ1n) is 8.28. The Morgan fingerprint density at radius 3 is 2.76 bits per heavy atom. The van der Waals surface area contributed by atoms with E-state index in [1.807, 2.05) is 24.3 Å². The van der Waals surface area contributed by atoms with E-state index in [-0.39, 0.29) is 49.3 Å². The number of nitrogens with zero attached hydrogens (tertiary/aromatic N) is 2. The fraction of sp³-hybridized carbons (Fsp3) is 0.412. The summed E-state index contributed by atoms with van der Waals surface area (Å²) in [5, 5.41) is 2.33. The predicted octanol–water partition coefficient (Wildman–Crippen LogP) is -0.0151. The van der Waals surface area contributed by atoms with Gasteiger partial charge in [0.05, 0.1) is 16.4 Å². The van der Waals surface area contributed by atoms with Crippen molar-refractivity contribution < 1.29 is 14.4 Å². The Balaban J connectivity index is 1.45. The molecule has 2 N–H and O–H groups in total. The van der Waals surface area contributed by atoms with Crippen molar-refractivity contribution in [2.24, 2.45) is 5.41 Å². The molecule has 2 aliphatic heterocycles. The van der Waals surface area contributed by atoms with Gasteiger partial charge < -0.3 is 9.88 Å². The first-order chi connectivity index (χ1) is 12.0. The minimum atomic E-state index is -0.760. The van der Waals surface area contributed by atoms with Gasteiger partial charge in [-0.3, -0.25) is 24.3 Å². The molecular weight excluding hydrogens is 324 g/mol. The first-order valence-corrected chi connectivity index (χ1v) is 8.28. The second-order valence-corrected chi connectivity index (χ2v) is 6.75. The maximum atomic E-state index is 12.5. The lowest BCUT2D eigenvalue weighted by atomic mass is 9.85.